The molecule has 0 aliphatic carbocycles. The molecule has 9 nitrogen and oxygen atoms in total. The Morgan fingerprint density at radius 1 is 1.32 bits per heavy atom. The number of morpholine rings is 1. The molecule has 1 aliphatic rings. The molecule has 0 spiro atoms. The van der Waals surface area contributed by atoms with E-state index in [1.807, 2.05) is 13.8 Å². The maximum absolute atomic E-state index is 12.7. The number of amides is 2. The van der Waals surface area contributed by atoms with Crippen molar-refractivity contribution in [1.82, 2.24) is 19.7 Å². The highest BCUT2D eigenvalue weighted by atomic mass is 32.2. The summed E-state index contributed by atoms with van der Waals surface area (Å²) in [6.45, 7) is 5.82. The fourth-order valence-corrected chi connectivity index (χ4v) is 5.70. The summed E-state index contributed by atoms with van der Waals surface area (Å²) >= 11 is 1.17. The number of thiophene rings is 1. The van der Waals surface area contributed by atoms with Gasteiger partial charge in [-0.25, -0.2) is 13.2 Å². The van der Waals surface area contributed by atoms with E-state index in [1.165, 1.54) is 20.5 Å². The highest BCUT2D eigenvalue weighted by Crippen LogP contribution is 2.25. The summed E-state index contributed by atoms with van der Waals surface area (Å²) in [6, 6.07) is 3.06. The van der Waals surface area contributed by atoms with Crippen LogP contribution in [0.4, 0.5) is 4.79 Å². The van der Waals surface area contributed by atoms with Crippen LogP contribution in [0.15, 0.2) is 20.9 Å². The Balaban J connectivity index is 1.57. The lowest BCUT2D eigenvalue weighted by Crippen LogP contribution is -2.40. The average molecular weight is 429 g/mol. The van der Waals surface area contributed by atoms with Gasteiger partial charge in [-0.3, -0.25) is 0 Å². The molecule has 3 rings (SSSR count). The van der Waals surface area contributed by atoms with Gasteiger partial charge in [0, 0.05) is 30.6 Å². The summed E-state index contributed by atoms with van der Waals surface area (Å²) in [6.07, 6.45) is 0. The van der Waals surface area contributed by atoms with E-state index in [4.69, 9.17) is 9.26 Å². The van der Waals surface area contributed by atoms with Gasteiger partial charge in [0.05, 0.1) is 32.0 Å². The SMILES string of the molecule is Cc1noc(C)c1CN(C)C(=O)NCc1ccc(S(=O)(=O)N2CCOCC2)s1. The lowest BCUT2D eigenvalue weighted by atomic mass is 10.2. The molecule has 1 N–H and O–H groups in total. The van der Waals surface area contributed by atoms with Crippen molar-refractivity contribution < 1.29 is 22.5 Å². The van der Waals surface area contributed by atoms with E-state index in [9.17, 15) is 13.2 Å². The Morgan fingerprint density at radius 3 is 2.68 bits per heavy atom. The van der Waals surface area contributed by atoms with Gasteiger partial charge in [-0.2, -0.15) is 4.31 Å². The first-order valence-electron chi connectivity index (χ1n) is 8.86. The fraction of sp³-hybridized carbons (Fsp3) is 0.529. The molecule has 0 bridgehead atoms. The summed E-state index contributed by atoms with van der Waals surface area (Å²) in [5.41, 5.74) is 1.64. The molecule has 1 saturated heterocycles. The van der Waals surface area contributed by atoms with Crippen LogP contribution in [-0.4, -0.2) is 62.2 Å². The first kappa shape index (κ1) is 20.8. The molecule has 0 saturated carbocycles. The number of aryl methyl sites for hydroxylation is 2. The van der Waals surface area contributed by atoms with Crippen molar-refractivity contribution in [3.63, 3.8) is 0 Å². The van der Waals surface area contributed by atoms with Crippen LogP contribution in [0, 0.1) is 13.8 Å². The molecule has 0 unspecified atom stereocenters. The summed E-state index contributed by atoms with van der Waals surface area (Å²) in [5.74, 6) is 0.688. The van der Waals surface area contributed by atoms with E-state index >= 15 is 0 Å². The van der Waals surface area contributed by atoms with Gasteiger partial charge in [-0.1, -0.05) is 5.16 Å². The maximum atomic E-state index is 12.7. The Morgan fingerprint density at radius 2 is 2.04 bits per heavy atom. The van der Waals surface area contributed by atoms with Gasteiger partial charge in [0.15, 0.2) is 0 Å². The zero-order valence-corrected chi connectivity index (χ0v) is 17.7. The van der Waals surface area contributed by atoms with Crippen molar-refractivity contribution in [2.75, 3.05) is 33.4 Å². The monoisotopic (exact) mass is 428 g/mol. The van der Waals surface area contributed by atoms with Crippen molar-refractivity contribution >= 4 is 27.4 Å². The number of carbonyl (C=O) groups is 1. The molecule has 2 amide bonds. The molecule has 0 radical (unpaired) electrons. The van der Waals surface area contributed by atoms with Crippen molar-refractivity contribution in [3.05, 3.63) is 34.0 Å². The van der Waals surface area contributed by atoms with Gasteiger partial charge in [0.2, 0.25) is 0 Å². The van der Waals surface area contributed by atoms with Gasteiger partial charge in [0.25, 0.3) is 10.0 Å². The average Bonchev–Trinajstić information content (AvgIpc) is 3.29. The molecule has 11 heteroatoms. The minimum atomic E-state index is -3.51. The predicted octanol–water partition coefficient (Wildman–Crippen LogP) is 1.72. The van der Waals surface area contributed by atoms with Crippen molar-refractivity contribution in [3.8, 4) is 0 Å². The van der Waals surface area contributed by atoms with E-state index in [2.05, 4.69) is 10.5 Å². The summed E-state index contributed by atoms with van der Waals surface area (Å²) in [7, 11) is -1.82. The van der Waals surface area contributed by atoms with Crippen LogP contribution < -0.4 is 5.32 Å². The quantitative estimate of drug-likeness (QED) is 0.751. The third-order valence-electron chi connectivity index (χ3n) is 4.54. The van der Waals surface area contributed by atoms with Gasteiger partial charge >= 0.3 is 6.03 Å². The van der Waals surface area contributed by atoms with E-state index in [0.717, 1.165) is 16.1 Å². The highest BCUT2D eigenvalue weighted by molar-refractivity contribution is 7.91. The van der Waals surface area contributed by atoms with Crippen LogP contribution in [0.25, 0.3) is 0 Å². The summed E-state index contributed by atoms with van der Waals surface area (Å²) in [4.78, 5) is 14.6. The Labute approximate surface area is 168 Å². The van der Waals surface area contributed by atoms with E-state index in [0.29, 0.717) is 38.6 Å². The number of urea groups is 1. The zero-order valence-electron chi connectivity index (χ0n) is 16.1. The lowest BCUT2D eigenvalue weighted by molar-refractivity contribution is 0.0731. The molecule has 0 aromatic carbocycles. The molecule has 28 heavy (non-hydrogen) atoms. The Hall–Kier alpha value is -1.95. The third kappa shape index (κ3) is 4.54. The van der Waals surface area contributed by atoms with Gasteiger partial charge < -0.3 is 19.5 Å². The number of nitrogens with zero attached hydrogens (tertiary/aromatic N) is 3. The van der Waals surface area contributed by atoms with Crippen molar-refractivity contribution in [2.24, 2.45) is 0 Å². The highest BCUT2D eigenvalue weighted by Gasteiger charge is 2.27. The first-order chi connectivity index (χ1) is 13.3. The number of hydrogen-bond acceptors (Lipinski definition) is 7. The van der Waals surface area contributed by atoms with E-state index in [1.54, 1.807) is 19.2 Å². The second-order valence-corrected chi connectivity index (χ2v) is 9.89. The van der Waals surface area contributed by atoms with Crippen LogP contribution in [-0.2, 0) is 27.8 Å². The molecular weight excluding hydrogens is 404 g/mol. The summed E-state index contributed by atoms with van der Waals surface area (Å²) in [5, 5.41) is 6.70. The van der Waals surface area contributed by atoms with Crippen LogP contribution in [0.5, 0.6) is 0 Å². The maximum Gasteiger partial charge on any atom is 0.317 e. The standard InChI is InChI=1S/C17H24N4O5S2/c1-12-15(13(2)26-19-12)11-20(3)17(22)18-10-14-4-5-16(27-14)28(23,24)21-6-8-25-9-7-21/h4-5H,6-11H2,1-3H3,(H,18,22). The molecule has 3 heterocycles. The second kappa shape index (κ2) is 8.60. The molecule has 0 atom stereocenters. The van der Waals surface area contributed by atoms with Gasteiger partial charge in [0.1, 0.15) is 9.97 Å². The molecule has 154 valence electrons. The van der Waals surface area contributed by atoms with Crippen LogP contribution >= 0.6 is 11.3 Å². The minimum Gasteiger partial charge on any atom is -0.379 e. The minimum absolute atomic E-state index is 0.258. The molecule has 1 aliphatic heterocycles. The number of ether oxygens (including phenoxy) is 1. The number of aromatic nitrogens is 1. The topological polar surface area (TPSA) is 105 Å². The van der Waals surface area contributed by atoms with Crippen LogP contribution in [0.2, 0.25) is 0 Å². The number of nitrogens with one attached hydrogen (secondary N) is 1. The van der Waals surface area contributed by atoms with Crippen molar-refractivity contribution in [2.45, 2.75) is 31.1 Å². The van der Waals surface area contributed by atoms with Crippen LogP contribution in [0.3, 0.4) is 0 Å². The first-order valence-corrected chi connectivity index (χ1v) is 11.1. The number of hydrogen-bond donors (Lipinski definition) is 1. The predicted molar refractivity (Wildman–Crippen MR) is 104 cm³/mol. The molecule has 2 aromatic heterocycles. The number of carbonyl (C=O) groups excluding carboxylic acids is 1. The Kier molecular flexibility index (Phi) is 6.38. The second-order valence-electron chi connectivity index (χ2n) is 6.55. The van der Waals surface area contributed by atoms with E-state index < -0.39 is 10.0 Å². The smallest absolute Gasteiger partial charge is 0.317 e. The fourth-order valence-electron chi connectivity index (χ4n) is 2.84. The normalized spacial score (nSPS) is 15.5. The molecule has 2 aromatic rings. The Bertz CT molecular complexity index is 912. The van der Waals surface area contributed by atoms with Crippen LogP contribution in [0.1, 0.15) is 21.9 Å². The lowest BCUT2D eigenvalue weighted by Gasteiger charge is -2.25. The molecular formula is C17H24N4O5S2. The van der Waals surface area contributed by atoms with Gasteiger partial charge in [-0.15, -0.1) is 11.3 Å². The van der Waals surface area contributed by atoms with Crippen molar-refractivity contribution in [1.29, 1.82) is 0 Å². The largest absolute Gasteiger partial charge is 0.379 e. The van der Waals surface area contributed by atoms with E-state index in [-0.39, 0.29) is 16.8 Å². The zero-order chi connectivity index (χ0) is 20.3. The summed E-state index contributed by atoms with van der Waals surface area (Å²) < 4.78 is 37.4. The number of sulfonamides is 1. The third-order valence-corrected chi connectivity index (χ3v) is 7.99. The molecule has 1 fully saturated rings. The van der Waals surface area contributed by atoms with Gasteiger partial charge in [-0.05, 0) is 26.0 Å². The number of rotatable bonds is 6.